The van der Waals surface area contributed by atoms with Gasteiger partial charge in [-0.15, -0.1) is 0 Å². The summed E-state index contributed by atoms with van der Waals surface area (Å²) >= 11 is 0. The number of nitriles is 1. The Bertz CT molecular complexity index is 515. The Morgan fingerprint density at radius 2 is 2.14 bits per heavy atom. The third kappa shape index (κ3) is 1.27. The van der Waals surface area contributed by atoms with Gasteiger partial charge in [0.05, 0.1) is 11.6 Å². The van der Waals surface area contributed by atoms with Crippen LogP contribution in [0.2, 0.25) is 0 Å². The monoisotopic (exact) mass is 184 g/mol. The Hall–Kier alpha value is -1.75. The van der Waals surface area contributed by atoms with Gasteiger partial charge in [-0.2, -0.15) is 5.26 Å². The molecule has 0 saturated heterocycles. The summed E-state index contributed by atoms with van der Waals surface area (Å²) < 4.78 is 0. The van der Waals surface area contributed by atoms with Crippen molar-refractivity contribution in [3.05, 3.63) is 35.0 Å². The molecule has 0 radical (unpaired) electrons. The van der Waals surface area contributed by atoms with E-state index in [1.54, 1.807) is 0 Å². The molecule has 2 heteroatoms. The molecule has 0 unspecified atom stereocenters. The average molecular weight is 184 g/mol. The Morgan fingerprint density at radius 3 is 2.79 bits per heavy atom. The molecule has 1 aromatic heterocycles. The van der Waals surface area contributed by atoms with Gasteiger partial charge in [0.15, 0.2) is 0 Å². The fourth-order valence-electron chi connectivity index (χ4n) is 1.73. The second-order valence-electron chi connectivity index (χ2n) is 3.51. The maximum Gasteiger partial charge on any atom is 0.0992 e. The van der Waals surface area contributed by atoms with E-state index in [0.29, 0.717) is 0 Å². The number of benzene rings is 1. The lowest BCUT2D eigenvalue weighted by Crippen LogP contribution is -1.79. The van der Waals surface area contributed by atoms with E-state index in [2.05, 4.69) is 24.0 Å². The molecule has 0 aliphatic rings. The molecule has 0 spiro atoms. The topological polar surface area (TPSA) is 39.6 Å². The normalized spacial score (nSPS) is 10.4. The van der Waals surface area contributed by atoms with Crippen LogP contribution in [-0.2, 0) is 6.42 Å². The number of aromatic nitrogens is 1. The predicted molar refractivity (Wildman–Crippen MR) is 57.1 cm³/mol. The largest absolute Gasteiger partial charge is 0.358 e. The molecule has 0 atom stereocenters. The van der Waals surface area contributed by atoms with Gasteiger partial charge in [0.1, 0.15) is 0 Å². The summed E-state index contributed by atoms with van der Waals surface area (Å²) in [6.45, 7) is 4.15. The fourth-order valence-corrected chi connectivity index (χ4v) is 1.73. The Kier molecular flexibility index (Phi) is 2.01. The van der Waals surface area contributed by atoms with Crippen LogP contribution in [0, 0.1) is 18.3 Å². The first kappa shape index (κ1) is 8.83. The van der Waals surface area contributed by atoms with Gasteiger partial charge in [-0.05, 0) is 37.1 Å². The molecule has 0 aliphatic carbocycles. The van der Waals surface area contributed by atoms with Crippen LogP contribution in [-0.4, -0.2) is 4.98 Å². The van der Waals surface area contributed by atoms with Crippen molar-refractivity contribution < 1.29 is 0 Å². The number of nitrogens with zero attached hydrogens (tertiary/aromatic N) is 1. The summed E-state index contributed by atoms with van der Waals surface area (Å²) in [6, 6.07) is 8.16. The quantitative estimate of drug-likeness (QED) is 0.727. The van der Waals surface area contributed by atoms with E-state index in [0.717, 1.165) is 23.1 Å². The molecule has 1 heterocycles. The second kappa shape index (κ2) is 3.19. The van der Waals surface area contributed by atoms with E-state index in [9.17, 15) is 0 Å². The minimum Gasteiger partial charge on any atom is -0.358 e. The van der Waals surface area contributed by atoms with E-state index in [4.69, 9.17) is 5.26 Å². The Labute approximate surface area is 83.2 Å². The standard InChI is InChI=1S/C12H12N2/c1-3-10-6-11-8(2)4-9(7-13)5-12(11)14-10/h4-6,14H,3H2,1-2H3. The molecule has 2 aromatic rings. The molecule has 2 rings (SSSR count). The van der Waals surface area contributed by atoms with Crippen molar-refractivity contribution in [2.45, 2.75) is 20.3 Å². The van der Waals surface area contributed by atoms with Crippen LogP contribution >= 0.6 is 0 Å². The number of H-pyrrole nitrogens is 1. The van der Waals surface area contributed by atoms with Crippen molar-refractivity contribution in [3.63, 3.8) is 0 Å². The van der Waals surface area contributed by atoms with Gasteiger partial charge in [-0.1, -0.05) is 6.92 Å². The molecule has 1 N–H and O–H groups in total. The molecule has 0 saturated carbocycles. The highest BCUT2D eigenvalue weighted by Crippen LogP contribution is 2.21. The van der Waals surface area contributed by atoms with Crippen molar-refractivity contribution in [1.29, 1.82) is 5.26 Å². The first-order chi connectivity index (χ1) is 6.74. The lowest BCUT2D eigenvalue weighted by Gasteiger charge is -1.95. The zero-order valence-corrected chi connectivity index (χ0v) is 8.39. The minimum atomic E-state index is 0.722. The molecular formula is C12H12N2. The highest BCUT2D eigenvalue weighted by atomic mass is 14.7. The van der Waals surface area contributed by atoms with Gasteiger partial charge in [0, 0.05) is 16.6 Å². The number of aromatic amines is 1. The molecule has 14 heavy (non-hydrogen) atoms. The SMILES string of the molecule is CCc1cc2c(C)cc(C#N)cc2[nH]1. The van der Waals surface area contributed by atoms with E-state index in [-0.39, 0.29) is 0 Å². The number of fused-ring (bicyclic) bond motifs is 1. The molecule has 2 nitrogen and oxygen atoms in total. The molecule has 0 fully saturated rings. The van der Waals surface area contributed by atoms with E-state index in [1.807, 2.05) is 19.1 Å². The third-order valence-electron chi connectivity index (χ3n) is 2.51. The summed E-state index contributed by atoms with van der Waals surface area (Å²) in [4.78, 5) is 3.31. The number of aryl methyl sites for hydroxylation is 2. The van der Waals surface area contributed by atoms with E-state index in [1.165, 1.54) is 11.1 Å². The minimum absolute atomic E-state index is 0.722. The maximum atomic E-state index is 8.82. The summed E-state index contributed by atoms with van der Waals surface area (Å²) in [5.74, 6) is 0. The highest BCUT2D eigenvalue weighted by Gasteiger charge is 2.03. The molecular weight excluding hydrogens is 172 g/mol. The Morgan fingerprint density at radius 1 is 1.36 bits per heavy atom. The highest BCUT2D eigenvalue weighted by molar-refractivity contribution is 5.85. The summed E-state index contributed by atoms with van der Waals surface area (Å²) in [7, 11) is 0. The van der Waals surface area contributed by atoms with Crippen molar-refractivity contribution in [1.82, 2.24) is 4.98 Å². The van der Waals surface area contributed by atoms with Crippen LogP contribution in [0.5, 0.6) is 0 Å². The number of rotatable bonds is 1. The molecule has 0 bridgehead atoms. The zero-order chi connectivity index (χ0) is 10.1. The van der Waals surface area contributed by atoms with Crippen LogP contribution in [0.15, 0.2) is 18.2 Å². The zero-order valence-electron chi connectivity index (χ0n) is 8.39. The number of nitrogens with one attached hydrogen (secondary N) is 1. The molecule has 70 valence electrons. The number of hydrogen-bond acceptors (Lipinski definition) is 1. The molecule has 1 aromatic carbocycles. The predicted octanol–water partition coefficient (Wildman–Crippen LogP) is 2.91. The van der Waals surface area contributed by atoms with Crippen molar-refractivity contribution >= 4 is 10.9 Å². The summed E-state index contributed by atoms with van der Waals surface area (Å²) in [5, 5.41) is 10.0. The third-order valence-corrected chi connectivity index (χ3v) is 2.51. The van der Waals surface area contributed by atoms with Gasteiger partial charge in [0.2, 0.25) is 0 Å². The van der Waals surface area contributed by atoms with Gasteiger partial charge in [-0.3, -0.25) is 0 Å². The lowest BCUT2D eigenvalue weighted by molar-refractivity contribution is 1.07. The maximum absolute atomic E-state index is 8.82. The molecule has 0 aliphatic heterocycles. The van der Waals surface area contributed by atoms with Crippen LogP contribution in [0.1, 0.15) is 23.7 Å². The Balaban J connectivity index is 2.75. The van der Waals surface area contributed by atoms with Crippen molar-refractivity contribution in [2.24, 2.45) is 0 Å². The summed E-state index contributed by atoms with van der Waals surface area (Å²) in [6.07, 6.45) is 0.996. The van der Waals surface area contributed by atoms with Crippen LogP contribution in [0.4, 0.5) is 0 Å². The first-order valence-electron chi connectivity index (χ1n) is 4.77. The fraction of sp³-hybridized carbons (Fsp3) is 0.250. The average Bonchev–Trinajstić information content (AvgIpc) is 2.61. The first-order valence-corrected chi connectivity index (χ1v) is 4.77. The van der Waals surface area contributed by atoms with E-state index >= 15 is 0 Å². The summed E-state index contributed by atoms with van der Waals surface area (Å²) in [5.41, 5.74) is 4.17. The molecule has 0 amide bonds. The van der Waals surface area contributed by atoms with Gasteiger partial charge in [-0.25, -0.2) is 0 Å². The van der Waals surface area contributed by atoms with Crippen molar-refractivity contribution in [2.75, 3.05) is 0 Å². The van der Waals surface area contributed by atoms with Gasteiger partial charge < -0.3 is 4.98 Å². The second-order valence-corrected chi connectivity index (χ2v) is 3.51. The van der Waals surface area contributed by atoms with Gasteiger partial charge in [0.25, 0.3) is 0 Å². The van der Waals surface area contributed by atoms with Crippen LogP contribution in [0.25, 0.3) is 10.9 Å². The number of hydrogen-bond donors (Lipinski definition) is 1. The van der Waals surface area contributed by atoms with Gasteiger partial charge >= 0.3 is 0 Å². The smallest absolute Gasteiger partial charge is 0.0992 e. The van der Waals surface area contributed by atoms with Crippen LogP contribution < -0.4 is 0 Å². The van der Waals surface area contributed by atoms with Crippen LogP contribution in [0.3, 0.4) is 0 Å². The van der Waals surface area contributed by atoms with Crippen molar-refractivity contribution in [3.8, 4) is 6.07 Å². The lowest BCUT2D eigenvalue weighted by atomic mass is 10.1. The van der Waals surface area contributed by atoms with E-state index < -0.39 is 0 Å².